The predicted octanol–water partition coefficient (Wildman–Crippen LogP) is -3.23. The van der Waals surface area contributed by atoms with E-state index in [-0.39, 0.29) is 16.5 Å². The Hall–Kier alpha value is -0.273. The van der Waals surface area contributed by atoms with Crippen LogP contribution in [-0.4, -0.2) is 37.5 Å². The van der Waals surface area contributed by atoms with Crippen LogP contribution in [0.25, 0.3) is 0 Å². The fourth-order valence-corrected chi connectivity index (χ4v) is 0. The van der Waals surface area contributed by atoms with Crippen LogP contribution in [0.5, 0.6) is 0 Å². The standard InChI is InChI=1S/Ni.2H2O3Si/c;2*1-4(2)3/h;2*1-2H. The van der Waals surface area contributed by atoms with Gasteiger partial charge in [0.05, 0.1) is 0 Å². The summed E-state index contributed by atoms with van der Waals surface area (Å²) in [5.74, 6) is 0. The molecular weight excluding hydrogens is 211 g/mol. The van der Waals surface area contributed by atoms with E-state index in [9.17, 15) is 0 Å². The summed E-state index contributed by atoms with van der Waals surface area (Å²) in [6, 6.07) is 0. The van der Waals surface area contributed by atoms with E-state index in [4.69, 9.17) is 28.1 Å². The molecule has 0 bridgehead atoms. The zero-order valence-electron chi connectivity index (χ0n) is 3.92. The van der Waals surface area contributed by atoms with Gasteiger partial charge in [-0.05, 0) is 0 Å². The van der Waals surface area contributed by atoms with Gasteiger partial charge < -0.3 is 19.2 Å². The molecule has 0 aromatic carbocycles. The quantitative estimate of drug-likeness (QED) is 0.316. The van der Waals surface area contributed by atoms with Crippen LogP contribution in [0.2, 0.25) is 0 Å². The van der Waals surface area contributed by atoms with Gasteiger partial charge in [0.1, 0.15) is 0 Å². The van der Waals surface area contributed by atoms with Gasteiger partial charge in [0.25, 0.3) is 0 Å². The molecule has 9 heteroatoms. The van der Waals surface area contributed by atoms with Crippen molar-refractivity contribution in [2.24, 2.45) is 0 Å². The molecule has 0 atom stereocenters. The maximum Gasteiger partial charge on any atom is 0.761 e. The molecular formula is H4NiO6Si2. The summed E-state index contributed by atoms with van der Waals surface area (Å²) in [4.78, 5) is 28.6. The van der Waals surface area contributed by atoms with Crippen molar-refractivity contribution in [3.8, 4) is 0 Å². The Morgan fingerprint density at radius 3 is 0.778 bits per heavy atom. The topological polar surface area (TPSA) is 115 Å². The molecule has 0 saturated heterocycles. The first kappa shape index (κ1) is 15.9. The minimum atomic E-state index is -3.13. The average Bonchev–Trinajstić information content (AvgIpc) is 1.25. The Kier molecular flexibility index (Phi) is 18.8. The summed E-state index contributed by atoms with van der Waals surface area (Å²) in [5.41, 5.74) is 0. The molecule has 0 saturated carbocycles. The van der Waals surface area contributed by atoms with Crippen molar-refractivity contribution in [3.63, 3.8) is 0 Å². The monoisotopic (exact) mass is 214 g/mol. The van der Waals surface area contributed by atoms with Crippen molar-refractivity contribution in [1.82, 2.24) is 0 Å². The first-order chi connectivity index (χ1) is 3.46. The molecule has 0 aliphatic heterocycles. The van der Waals surface area contributed by atoms with E-state index in [1.165, 1.54) is 0 Å². The molecule has 58 valence electrons. The Labute approximate surface area is 63.5 Å². The summed E-state index contributed by atoms with van der Waals surface area (Å²) in [5, 5.41) is 0. The molecule has 0 amide bonds. The summed E-state index contributed by atoms with van der Waals surface area (Å²) >= 11 is 0. The van der Waals surface area contributed by atoms with Crippen molar-refractivity contribution in [2.75, 3.05) is 0 Å². The van der Waals surface area contributed by atoms with E-state index < -0.39 is 18.3 Å². The van der Waals surface area contributed by atoms with E-state index >= 15 is 0 Å². The van der Waals surface area contributed by atoms with Gasteiger partial charge in [-0.1, -0.05) is 0 Å². The zero-order chi connectivity index (χ0) is 7.15. The second-order valence-electron chi connectivity index (χ2n) is 0.565. The Morgan fingerprint density at radius 2 is 0.778 bits per heavy atom. The van der Waals surface area contributed by atoms with E-state index in [1.54, 1.807) is 0 Å². The fourth-order valence-electron chi connectivity index (χ4n) is 0. The molecule has 0 heterocycles. The van der Waals surface area contributed by atoms with E-state index in [2.05, 4.69) is 0 Å². The molecule has 0 aliphatic carbocycles. The third-order valence-corrected chi connectivity index (χ3v) is 0. The van der Waals surface area contributed by atoms with Crippen LogP contribution in [0.1, 0.15) is 0 Å². The number of hydrogen-bond acceptors (Lipinski definition) is 2. The van der Waals surface area contributed by atoms with E-state index in [0.29, 0.717) is 0 Å². The van der Waals surface area contributed by atoms with Crippen LogP contribution in [0, 0.1) is 0 Å². The van der Waals surface area contributed by atoms with Crippen LogP contribution >= 0.6 is 0 Å². The Balaban J connectivity index is -0.0000000720. The maximum absolute atomic E-state index is 8.74. The average molecular weight is 215 g/mol. The molecule has 0 rings (SSSR count). The maximum atomic E-state index is 8.74. The summed E-state index contributed by atoms with van der Waals surface area (Å²) in [7, 11) is -6.26. The van der Waals surface area contributed by atoms with Gasteiger partial charge in [-0.25, -0.2) is 0 Å². The molecule has 6 nitrogen and oxygen atoms in total. The summed E-state index contributed by atoms with van der Waals surface area (Å²) in [6.45, 7) is 0. The smallest absolute Gasteiger partial charge is 0.511 e. The largest absolute Gasteiger partial charge is 0.761 e. The van der Waals surface area contributed by atoms with Crippen LogP contribution in [-0.2, 0) is 25.4 Å². The van der Waals surface area contributed by atoms with E-state index in [0.717, 1.165) is 0 Å². The van der Waals surface area contributed by atoms with Crippen LogP contribution < -0.4 is 0 Å². The summed E-state index contributed by atoms with van der Waals surface area (Å²) in [6.07, 6.45) is 0. The number of rotatable bonds is 0. The van der Waals surface area contributed by atoms with Crippen molar-refractivity contribution < 1.29 is 44.6 Å². The molecule has 0 aromatic heterocycles. The molecule has 0 aromatic rings. The SMILES string of the molecule is O=[Si](O)O.O=[Si](O)O.[Ni]. The molecule has 9 heavy (non-hydrogen) atoms. The van der Waals surface area contributed by atoms with Gasteiger partial charge >= 0.3 is 18.3 Å². The molecule has 0 radical (unpaired) electrons. The molecule has 0 fully saturated rings. The van der Waals surface area contributed by atoms with Crippen molar-refractivity contribution in [3.05, 3.63) is 0 Å². The molecule has 4 N–H and O–H groups in total. The van der Waals surface area contributed by atoms with Gasteiger partial charge in [-0.3, -0.25) is 8.92 Å². The van der Waals surface area contributed by atoms with Gasteiger partial charge in [0, 0.05) is 16.5 Å². The predicted molar refractivity (Wildman–Crippen MR) is 21.8 cm³/mol. The third-order valence-electron chi connectivity index (χ3n) is 0. The zero-order valence-corrected chi connectivity index (χ0v) is 6.91. The molecule has 0 aliphatic rings. The van der Waals surface area contributed by atoms with Crippen molar-refractivity contribution >= 4 is 18.3 Å². The Bertz CT molecular complexity index is 69.1. The third kappa shape index (κ3) is 3410. The van der Waals surface area contributed by atoms with Gasteiger partial charge in [0.15, 0.2) is 0 Å². The van der Waals surface area contributed by atoms with Crippen molar-refractivity contribution in [1.29, 1.82) is 0 Å². The second kappa shape index (κ2) is 10.7. The number of hydrogen-bond donors (Lipinski definition) is 4. The van der Waals surface area contributed by atoms with Gasteiger partial charge in [0.2, 0.25) is 0 Å². The summed E-state index contributed by atoms with van der Waals surface area (Å²) < 4.78 is 17.5. The minimum absolute atomic E-state index is 0. The van der Waals surface area contributed by atoms with Gasteiger partial charge in [-0.2, -0.15) is 0 Å². The fraction of sp³-hybridized carbons (Fsp3) is 0. The minimum Gasteiger partial charge on any atom is -0.511 e. The first-order valence-electron chi connectivity index (χ1n) is 1.30. The van der Waals surface area contributed by atoms with Crippen LogP contribution in [0.4, 0.5) is 0 Å². The normalized spacial score (nSPS) is 5.33. The van der Waals surface area contributed by atoms with Crippen LogP contribution in [0.15, 0.2) is 0 Å². The second-order valence-corrected chi connectivity index (χ2v) is 1.70. The van der Waals surface area contributed by atoms with Crippen LogP contribution in [0.3, 0.4) is 0 Å². The molecule has 0 spiro atoms. The Morgan fingerprint density at radius 1 is 0.778 bits per heavy atom. The van der Waals surface area contributed by atoms with Crippen molar-refractivity contribution in [2.45, 2.75) is 0 Å². The first-order valence-corrected chi connectivity index (χ1v) is 3.91. The molecule has 0 unspecified atom stereocenters. The van der Waals surface area contributed by atoms with E-state index in [1.807, 2.05) is 0 Å². The van der Waals surface area contributed by atoms with Gasteiger partial charge in [-0.15, -0.1) is 0 Å².